The van der Waals surface area contributed by atoms with Gasteiger partial charge >= 0.3 is 5.97 Å². The van der Waals surface area contributed by atoms with Crippen molar-refractivity contribution in [1.29, 1.82) is 0 Å². The van der Waals surface area contributed by atoms with Crippen LogP contribution < -0.4 is 19.1 Å². The van der Waals surface area contributed by atoms with E-state index >= 15 is 0 Å². The van der Waals surface area contributed by atoms with Gasteiger partial charge in [0.05, 0.1) is 12.8 Å². The van der Waals surface area contributed by atoms with Crippen molar-refractivity contribution in [3.05, 3.63) is 59.2 Å². The average molecular weight is 493 g/mol. The fourth-order valence-electron chi connectivity index (χ4n) is 3.19. The summed E-state index contributed by atoms with van der Waals surface area (Å²) in [5.74, 6) is -1.11. The number of ether oxygens (including phenoxy) is 2. The minimum absolute atomic E-state index is 0.110. The van der Waals surface area contributed by atoms with Crippen LogP contribution in [0.1, 0.15) is 10.4 Å². The van der Waals surface area contributed by atoms with Gasteiger partial charge in [0, 0.05) is 22.8 Å². The highest BCUT2D eigenvalue weighted by Crippen LogP contribution is 2.40. The lowest BCUT2D eigenvalue weighted by Crippen LogP contribution is -2.30. The maximum atomic E-state index is 13.3. The minimum atomic E-state index is -4.13. The lowest BCUT2D eigenvalue weighted by Gasteiger charge is -2.19. The molecule has 0 atom stereocenters. The predicted molar refractivity (Wildman–Crippen MR) is 117 cm³/mol. The van der Waals surface area contributed by atoms with E-state index in [0.29, 0.717) is 0 Å². The van der Waals surface area contributed by atoms with Crippen LogP contribution in [0.4, 0.5) is 11.5 Å². The van der Waals surface area contributed by atoms with E-state index in [1.165, 1.54) is 55.8 Å². The third kappa shape index (κ3) is 4.43. The Kier molecular flexibility index (Phi) is 5.87. The highest BCUT2D eigenvalue weighted by Gasteiger charge is 2.35. The van der Waals surface area contributed by atoms with Crippen molar-refractivity contribution in [1.82, 2.24) is 9.78 Å². The van der Waals surface area contributed by atoms with E-state index in [2.05, 4.69) is 10.4 Å². The lowest BCUT2D eigenvalue weighted by atomic mass is 10.2. The Bertz CT molecular complexity index is 1360. The number of carbonyl (C=O) groups is 2. The number of benzene rings is 2. The number of rotatable bonds is 7. The van der Waals surface area contributed by atoms with E-state index in [1.807, 2.05) is 0 Å². The molecule has 0 radical (unpaired) electrons. The van der Waals surface area contributed by atoms with Crippen LogP contribution in [0.25, 0.3) is 0 Å². The van der Waals surface area contributed by atoms with Gasteiger partial charge in [-0.2, -0.15) is 5.10 Å². The molecule has 2 N–H and O–H groups in total. The quantitative estimate of drug-likeness (QED) is 0.512. The molecule has 13 heteroatoms. The number of carboxylic acids is 1. The molecule has 0 saturated heterocycles. The standard InChI is InChI=1S/C20H17ClN4O7S/c1-31-16-5-3-13(21)9-17(16)33(29,30)25-11-32-15-4-2-12(8-14(15)25)20(28)22-18-6-7-24(23-18)10-19(26)27/h2-9H,10-11H2,1H3,(H,26,27)(H,22,23,28). The molecule has 0 spiro atoms. The lowest BCUT2D eigenvalue weighted by molar-refractivity contribution is -0.137. The van der Waals surface area contributed by atoms with Crippen LogP contribution in [0, 0.1) is 0 Å². The molecule has 1 aromatic heterocycles. The number of amides is 1. The molecule has 2 heterocycles. The first-order valence-electron chi connectivity index (χ1n) is 9.39. The van der Waals surface area contributed by atoms with E-state index in [9.17, 15) is 18.0 Å². The summed E-state index contributed by atoms with van der Waals surface area (Å²) >= 11 is 6.00. The summed E-state index contributed by atoms with van der Waals surface area (Å²) in [7, 11) is -2.79. The molecule has 1 aliphatic rings. The van der Waals surface area contributed by atoms with Crippen LogP contribution in [0.15, 0.2) is 53.6 Å². The van der Waals surface area contributed by atoms with Crippen LogP contribution in [0.2, 0.25) is 5.02 Å². The van der Waals surface area contributed by atoms with Gasteiger partial charge in [0.2, 0.25) is 0 Å². The van der Waals surface area contributed by atoms with Gasteiger partial charge in [0.15, 0.2) is 12.5 Å². The molecule has 0 unspecified atom stereocenters. The number of carbonyl (C=O) groups excluding carboxylic acids is 1. The normalized spacial score (nSPS) is 12.7. The number of nitrogens with one attached hydrogen (secondary N) is 1. The Balaban J connectivity index is 1.62. The van der Waals surface area contributed by atoms with Crippen LogP contribution in [-0.2, 0) is 21.4 Å². The highest BCUT2D eigenvalue weighted by atomic mass is 35.5. The van der Waals surface area contributed by atoms with Gasteiger partial charge in [-0.1, -0.05) is 11.6 Å². The second-order valence-corrected chi connectivity index (χ2v) is 9.12. The number of nitrogens with zero attached hydrogens (tertiary/aromatic N) is 3. The maximum Gasteiger partial charge on any atom is 0.325 e. The Labute approximate surface area is 193 Å². The van der Waals surface area contributed by atoms with E-state index in [-0.39, 0.29) is 51.8 Å². The summed E-state index contributed by atoms with van der Waals surface area (Å²) in [6.45, 7) is -0.649. The Hall–Kier alpha value is -3.77. The summed E-state index contributed by atoms with van der Waals surface area (Å²) in [5, 5.41) is 15.5. The van der Waals surface area contributed by atoms with Crippen LogP contribution >= 0.6 is 11.6 Å². The summed E-state index contributed by atoms with van der Waals surface area (Å²) in [6, 6.07) is 10.0. The third-order valence-corrected chi connectivity index (χ3v) is 6.69. The number of hydrogen-bond acceptors (Lipinski definition) is 7. The first kappa shape index (κ1) is 22.4. The molecule has 0 saturated carbocycles. The van der Waals surface area contributed by atoms with Gasteiger partial charge in [-0.3, -0.25) is 14.3 Å². The molecular formula is C20H17ClN4O7S. The van der Waals surface area contributed by atoms with Crippen molar-refractivity contribution in [3.63, 3.8) is 0 Å². The van der Waals surface area contributed by atoms with Crippen molar-refractivity contribution in [3.8, 4) is 11.5 Å². The summed E-state index contributed by atoms with van der Waals surface area (Å²) in [5.41, 5.74) is 0.311. The summed E-state index contributed by atoms with van der Waals surface area (Å²) in [4.78, 5) is 23.3. The topological polar surface area (TPSA) is 140 Å². The molecule has 11 nitrogen and oxygen atoms in total. The van der Waals surface area contributed by atoms with E-state index < -0.39 is 21.9 Å². The number of aliphatic carboxylic acids is 1. The van der Waals surface area contributed by atoms with Gasteiger partial charge in [0.25, 0.3) is 15.9 Å². The number of aromatic nitrogens is 2. The number of hydrogen-bond donors (Lipinski definition) is 2. The maximum absolute atomic E-state index is 13.3. The third-order valence-electron chi connectivity index (χ3n) is 4.70. The molecule has 3 aromatic rings. The fourth-order valence-corrected chi connectivity index (χ4v) is 4.94. The zero-order valence-corrected chi connectivity index (χ0v) is 18.6. The first-order chi connectivity index (χ1) is 15.7. The van der Waals surface area contributed by atoms with E-state index in [4.69, 9.17) is 26.2 Å². The number of anilines is 2. The zero-order chi connectivity index (χ0) is 23.8. The molecule has 33 heavy (non-hydrogen) atoms. The molecule has 0 fully saturated rings. The van der Waals surface area contributed by atoms with Crippen LogP contribution in [0.5, 0.6) is 11.5 Å². The van der Waals surface area contributed by atoms with Gasteiger partial charge < -0.3 is 19.9 Å². The molecule has 0 bridgehead atoms. The van der Waals surface area contributed by atoms with Crippen LogP contribution in [-0.4, -0.2) is 49.0 Å². The van der Waals surface area contributed by atoms with Gasteiger partial charge in [-0.05, 0) is 36.4 Å². The van der Waals surface area contributed by atoms with E-state index in [1.54, 1.807) is 0 Å². The molecule has 4 rings (SSSR count). The summed E-state index contributed by atoms with van der Waals surface area (Å²) < 4.78 is 39.5. The van der Waals surface area contributed by atoms with Crippen molar-refractivity contribution < 1.29 is 32.6 Å². The predicted octanol–water partition coefficient (Wildman–Crippen LogP) is 2.43. The number of sulfonamides is 1. The van der Waals surface area contributed by atoms with Crippen molar-refractivity contribution in [2.45, 2.75) is 11.4 Å². The van der Waals surface area contributed by atoms with Crippen LogP contribution in [0.3, 0.4) is 0 Å². The number of carboxylic acid groups (broad SMARTS) is 1. The number of halogens is 1. The Morgan fingerprint density at radius 2 is 2.03 bits per heavy atom. The molecule has 0 aliphatic carbocycles. The number of methoxy groups -OCH3 is 1. The van der Waals surface area contributed by atoms with Crippen molar-refractivity contribution >= 4 is 45.0 Å². The molecular weight excluding hydrogens is 476 g/mol. The molecule has 1 aliphatic heterocycles. The van der Waals surface area contributed by atoms with Gasteiger partial charge in [-0.15, -0.1) is 0 Å². The van der Waals surface area contributed by atoms with Crippen molar-refractivity contribution in [2.75, 3.05) is 23.5 Å². The molecule has 1 amide bonds. The monoisotopic (exact) mass is 492 g/mol. The van der Waals surface area contributed by atoms with Gasteiger partial charge in [0.1, 0.15) is 22.9 Å². The largest absolute Gasteiger partial charge is 0.495 e. The Morgan fingerprint density at radius 1 is 1.24 bits per heavy atom. The second kappa shape index (κ2) is 8.64. The first-order valence-corrected chi connectivity index (χ1v) is 11.2. The molecule has 172 valence electrons. The average Bonchev–Trinajstić information content (AvgIpc) is 3.39. The smallest absolute Gasteiger partial charge is 0.325 e. The zero-order valence-electron chi connectivity index (χ0n) is 17.1. The number of fused-ring (bicyclic) bond motifs is 1. The van der Waals surface area contributed by atoms with Gasteiger partial charge in [-0.25, -0.2) is 12.7 Å². The van der Waals surface area contributed by atoms with Crippen molar-refractivity contribution in [2.24, 2.45) is 0 Å². The second-order valence-electron chi connectivity index (χ2n) is 6.85. The highest BCUT2D eigenvalue weighted by molar-refractivity contribution is 7.93. The fraction of sp³-hybridized carbons (Fsp3) is 0.150. The van der Waals surface area contributed by atoms with E-state index in [0.717, 1.165) is 8.99 Å². The Morgan fingerprint density at radius 3 is 2.76 bits per heavy atom. The summed E-state index contributed by atoms with van der Waals surface area (Å²) in [6.07, 6.45) is 1.41. The molecule has 2 aromatic carbocycles. The SMILES string of the molecule is COc1ccc(Cl)cc1S(=O)(=O)N1COc2ccc(C(=O)Nc3ccn(CC(=O)O)n3)cc21. The minimum Gasteiger partial charge on any atom is -0.495 e.